The molecule has 3 rings (SSSR count). The number of nitrogens with one attached hydrogen (secondary N) is 1. The summed E-state index contributed by atoms with van der Waals surface area (Å²) in [5, 5.41) is 7.43. The van der Waals surface area contributed by atoms with Crippen LogP contribution in [0.2, 0.25) is 0 Å². The molecule has 1 aromatic carbocycles. The van der Waals surface area contributed by atoms with E-state index in [0.717, 1.165) is 44.0 Å². The zero-order valence-electron chi connectivity index (χ0n) is 11.3. The van der Waals surface area contributed by atoms with Crippen LogP contribution in [0.5, 0.6) is 0 Å². The van der Waals surface area contributed by atoms with E-state index in [9.17, 15) is 13.2 Å². The van der Waals surface area contributed by atoms with E-state index in [-0.39, 0.29) is 0 Å². The Morgan fingerprint density at radius 1 is 1.10 bits per heavy atom. The van der Waals surface area contributed by atoms with Crippen molar-refractivity contribution in [3.8, 4) is 5.69 Å². The number of alkyl halides is 3. The van der Waals surface area contributed by atoms with E-state index < -0.39 is 11.7 Å². The fraction of sp³-hybridized carbons (Fsp3) is 0.357. The molecule has 0 atom stereocenters. The summed E-state index contributed by atoms with van der Waals surface area (Å²) in [6.07, 6.45) is -0.892. The maximum atomic E-state index is 12.7. The second kappa shape index (κ2) is 5.40. The zero-order valence-corrected chi connectivity index (χ0v) is 11.3. The minimum Gasteiger partial charge on any atom is -0.366 e. The average molecular weight is 296 g/mol. The van der Waals surface area contributed by atoms with Crippen LogP contribution in [0.1, 0.15) is 5.56 Å². The van der Waals surface area contributed by atoms with Gasteiger partial charge in [0.05, 0.1) is 29.3 Å². The Kier molecular flexibility index (Phi) is 3.59. The highest BCUT2D eigenvalue weighted by Gasteiger charge is 2.30. The summed E-state index contributed by atoms with van der Waals surface area (Å²) in [4.78, 5) is 2.16. The number of nitrogens with zero attached hydrogens (tertiary/aromatic N) is 3. The largest absolute Gasteiger partial charge is 0.416 e. The lowest BCUT2D eigenvalue weighted by Crippen LogP contribution is -2.43. The third-order valence-electron chi connectivity index (χ3n) is 3.49. The number of hydrogen-bond acceptors (Lipinski definition) is 3. The third-order valence-corrected chi connectivity index (χ3v) is 3.49. The average Bonchev–Trinajstić information content (AvgIpc) is 2.97. The van der Waals surface area contributed by atoms with Gasteiger partial charge in [0.2, 0.25) is 0 Å². The molecule has 1 N–H and O–H groups in total. The summed E-state index contributed by atoms with van der Waals surface area (Å²) in [5.74, 6) is 0. The number of rotatable bonds is 2. The fourth-order valence-electron chi connectivity index (χ4n) is 2.37. The van der Waals surface area contributed by atoms with Gasteiger partial charge in [-0.25, -0.2) is 4.68 Å². The van der Waals surface area contributed by atoms with Crippen LogP contribution in [0.25, 0.3) is 5.69 Å². The van der Waals surface area contributed by atoms with Crippen LogP contribution < -0.4 is 10.2 Å². The van der Waals surface area contributed by atoms with Gasteiger partial charge in [0, 0.05) is 26.2 Å². The summed E-state index contributed by atoms with van der Waals surface area (Å²) in [5.41, 5.74) is 0.666. The van der Waals surface area contributed by atoms with E-state index >= 15 is 0 Å². The summed E-state index contributed by atoms with van der Waals surface area (Å²) < 4.78 is 39.7. The minimum atomic E-state index is -4.34. The number of benzene rings is 1. The number of aromatic nitrogens is 2. The van der Waals surface area contributed by atoms with Crippen LogP contribution in [-0.2, 0) is 6.18 Å². The van der Waals surface area contributed by atoms with Gasteiger partial charge in [0.25, 0.3) is 0 Å². The van der Waals surface area contributed by atoms with Gasteiger partial charge in [-0.3, -0.25) is 0 Å². The Labute approximate surface area is 120 Å². The first-order valence-electron chi connectivity index (χ1n) is 6.72. The lowest BCUT2D eigenvalue weighted by molar-refractivity contribution is -0.137. The summed E-state index contributed by atoms with van der Waals surface area (Å²) in [6, 6.07) is 5.17. The van der Waals surface area contributed by atoms with E-state index in [4.69, 9.17) is 0 Å². The molecule has 0 radical (unpaired) electrons. The maximum absolute atomic E-state index is 12.7. The number of anilines is 1. The normalized spacial score (nSPS) is 16.2. The SMILES string of the molecule is FC(F)(F)c1cccc(-n2cc(N3CCNCC3)cn2)c1. The molecule has 2 aromatic rings. The highest BCUT2D eigenvalue weighted by Crippen LogP contribution is 2.30. The third kappa shape index (κ3) is 3.02. The van der Waals surface area contributed by atoms with Crippen molar-refractivity contribution in [1.82, 2.24) is 15.1 Å². The highest BCUT2D eigenvalue weighted by molar-refractivity contribution is 5.46. The molecular formula is C14H15F3N4. The van der Waals surface area contributed by atoms with Crippen LogP contribution in [-0.4, -0.2) is 36.0 Å². The monoisotopic (exact) mass is 296 g/mol. The topological polar surface area (TPSA) is 33.1 Å². The van der Waals surface area contributed by atoms with Crippen molar-refractivity contribution in [1.29, 1.82) is 0 Å². The second-order valence-corrected chi connectivity index (χ2v) is 4.93. The van der Waals surface area contributed by atoms with Crippen LogP contribution in [0.4, 0.5) is 18.9 Å². The molecule has 0 aliphatic carbocycles. The summed E-state index contributed by atoms with van der Waals surface area (Å²) >= 11 is 0. The number of halogens is 3. The predicted molar refractivity (Wildman–Crippen MR) is 73.6 cm³/mol. The first kappa shape index (κ1) is 13.9. The Morgan fingerprint density at radius 3 is 2.57 bits per heavy atom. The van der Waals surface area contributed by atoms with Crippen LogP contribution in [0.15, 0.2) is 36.7 Å². The molecule has 1 aromatic heterocycles. The quantitative estimate of drug-likeness (QED) is 0.923. The van der Waals surface area contributed by atoms with Crippen molar-refractivity contribution in [2.75, 3.05) is 31.1 Å². The predicted octanol–water partition coefficient (Wildman–Crippen LogP) is 2.30. The fourth-order valence-corrected chi connectivity index (χ4v) is 2.37. The van der Waals surface area contributed by atoms with Gasteiger partial charge in [-0.15, -0.1) is 0 Å². The van der Waals surface area contributed by atoms with Gasteiger partial charge in [-0.1, -0.05) is 6.07 Å². The molecule has 1 saturated heterocycles. The van der Waals surface area contributed by atoms with E-state index in [2.05, 4.69) is 15.3 Å². The lowest BCUT2D eigenvalue weighted by atomic mass is 10.2. The first-order chi connectivity index (χ1) is 10.0. The van der Waals surface area contributed by atoms with Gasteiger partial charge in [-0.2, -0.15) is 18.3 Å². The van der Waals surface area contributed by atoms with Gasteiger partial charge in [0.1, 0.15) is 0 Å². The molecule has 0 spiro atoms. The molecule has 7 heteroatoms. The molecule has 21 heavy (non-hydrogen) atoms. The Balaban J connectivity index is 1.86. The van der Waals surface area contributed by atoms with Crippen molar-refractivity contribution in [2.45, 2.75) is 6.18 Å². The van der Waals surface area contributed by atoms with Crippen molar-refractivity contribution < 1.29 is 13.2 Å². The van der Waals surface area contributed by atoms with Gasteiger partial charge < -0.3 is 10.2 Å². The highest BCUT2D eigenvalue weighted by atomic mass is 19.4. The van der Waals surface area contributed by atoms with E-state index in [0.29, 0.717) is 5.69 Å². The van der Waals surface area contributed by atoms with Gasteiger partial charge >= 0.3 is 6.18 Å². The smallest absolute Gasteiger partial charge is 0.366 e. The standard InChI is InChI=1S/C14H15F3N4/c15-14(16,17)11-2-1-3-12(8-11)21-10-13(9-19-21)20-6-4-18-5-7-20/h1-3,8-10,18H,4-7H2. The van der Waals surface area contributed by atoms with Crippen molar-refractivity contribution in [3.05, 3.63) is 42.2 Å². The van der Waals surface area contributed by atoms with Crippen molar-refractivity contribution >= 4 is 5.69 Å². The Bertz CT molecular complexity index is 615. The van der Waals surface area contributed by atoms with Crippen LogP contribution >= 0.6 is 0 Å². The molecular weight excluding hydrogens is 281 g/mol. The minimum absolute atomic E-state index is 0.409. The Hall–Kier alpha value is -2.02. The second-order valence-electron chi connectivity index (χ2n) is 4.93. The first-order valence-corrected chi connectivity index (χ1v) is 6.72. The molecule has 2 heterocycles. The maximum Gasteiger partial charge on any atom is 0.416 e. The molecule has 1 aliphatic rings. The zero-order chi connectivity index (χ0) is 14.9. The Morgan fingerprint density at radius 2 is 1.86 bits per heavy atom. The van der Waals surface area contributed by atoms with E-state index in [1.165, 1.54) is 10.7 Å². The molecule has 1 fully saturated rings. The van der Waals surface area contributed by atoms with Gasteiger partial charge in [-0.05, 0) is 18.2 Å². The molecule has 0 bridgehead atoms. The molecule has 112 valence electrons. The van der Waals surface area contributed by atoms with E-state index in [1.807, 2.05) is 0 Å². The molecule has 4 nitrogen and oxygen atoms in total. The summed E-state index contributed by atoms with van der Waals surface area (Å²) in [6.45, 7) is 3.53. The van der Waals surface area contributed by atoms with Crippen LogP contribution in [0.3, 0.4) is 0 Å². The lowest BCUT2D eigenvalue weighted by Gasteiger charge is -2.27. The molecule has 0 unspecified atom stereocenters. The molecule has 0 amide bonds. The molecule has 0 saturated carbocycles. The van der Waals surface area contributed by atoms with Crippen LogP contribution in [0, 0.1) is 0 Å². The van der Waals surface area contributed by atoms with Gasteiger partial charge in [0.15, 0.2) is 0 Å². The number of hydrogen-bond donors (Lipinski definition) is 1. The summed E-state index contributed by atoms with van der Waals surface area (Å²) in [7, 11) is 0. The molecule has 1 aliphatic heterocycles. The van der Waals surface area contributed by atoms with E-state index in [1.54, 1.807) is 18.5 Å². The van der Waals surface area contributed by atoms with Crippen molar-refractivity contribution in [3.63, 3.8) is 0 Å². The van der Waals surface area contributed by atoms with Crippen molar-refractivity contribution in [2.24, 2.45) is 0 Å². The number of piperazine rings is 1.